The lowest BCUT2D eigenvalue weighted by molar-refractivity contribution is 0.616. The first-order valence-electron chi connectivity index (χ1n) is 7.54. The third-order valence-electron chi connectivity index (χ3n) is 3.86. The van der Waals surface area contributed by atoms with E-state index < -0.39 is 0 Å². The van der Waals surface area contributed by atoms with E-state index in [0.717, 1.165) is 28.0 Å². The van der Waals surface area contributed by atoms with Crippen molar-refractivity contribution >= 4 is 22.3 Å². The predicted molar refractivity (Wildman–Crippen MR) is 93.8 cm³/mol. The van der Waals surface area contributed by atoms with Gasteiger partial charge < -0.3 is 9.32 Å². The van der Waals surface area contributed by atoms with E-state index in [-0.39, 0.29) is 0 Å². The number of allylic oxidation sites excluding steroid dienone is 3. The number of para-hydroxylation sites is 1. The monoisotopic (exact) mass is 297 g/mol. The summed E-state index contributed by atoms with van der Waals surface area (Å²) in [5, 5.41) is 1.09. The van der Waals surface area contributed by atoms with E-state index in [9.17, 15) is 0 Å². The number of rotatable bonds is 3. The number of fused-ring (bicyclic) bond motifs is 1. The first kappa shape index (κ1) is 13.5. The van der Waals surface area contributed by atoms with Crippen LogP contribution in [-0.2, 0) is 0 Å². The largest absolute Gasteiger partial charge is 0.462 e. The Kier molecular flexibility index (Phi) is 3.25. The first-order valence-corrected chi connectivity index (χ1v) is 7.54. The topological polar surface area (TPSA) is 16.4 Å². The van der Waals surface area contributed by atoms with Crippen molar-refractivity contribution in [2.24, 2.45) is 0 Å². The highest BCUT2D eigenvalue weighted by molar-refractivity contribution is 5.94. The minimum atomic E-state index is 0.881. The number of furan rings is 1. The average Bonchev–Trinajstić information content (AvgIpc) is 3.00. The molecular formula is C21H15NO. The van der Waals surface area contributed by atoms with Gasteiger partial charge in [-0.05, 0) is 48.9 Å². The van der Waals surface area contributed by atoms with Crippen molar-refractivity contribution in [1.29, 1.82) is 0 Å². The van der Waals surface area contributed by atoms with Gasteiger partial charge in [0, 0.05) is 17.1 Å². The quantitative estimate of drug-likeness (QED) is 0.581. The van der Waals surface area contributed by atoms with Crippen molar-refractivity contribution < 1.29 is 4.42 Å². The summed E-state index contributed by atoms with van der Waals surface area (Å²) in [5.74, 6) is 0. The Balaban J connectivity index is 1.94. The molecule has 0 spiro atoms. The van der Waals surface area contributed by atoms with Crippen molar-refractivity contribution in [2.75, 3.05) is 4.90 Å². The number of aryl methyl sites for hydroxylation is 1. The van der Waals surface area contributed by atoms with Crippen LogP contribution in [0.25, 0.3) is 11.0 Å². The van der Waals surface area contributed by atoms with Crippen LogP contribution in [0.4, 0.5) is 11.4 Å². The lowest BCUT2D eigenvalue weighted by atomic mass is 10.1. The lowest BCUT2D eigenvalue weighted by Gasteiger charge is -2.25. The highest BCUT2D eigenvalue weighted by atomic mass is 16.3. The van der Waals surface area contributed by atoms with Gasteiger partial charge in [0.25, 0.3) is 0 Å². The van der Waals surface area contributed by atoms with Gasteiger partial charge in [-0.15, -0.1) is 0 Å². The molecule has 110 valence electrons. The molecular weight excluding hydrogens is 282 g/mol. The normalized spacial score (nSPS) is 12.7. The van der Waals surface area contributed by atoms with Crippen molar-refractivity contribution in [3.63, 3.8) is 0 Å². The second-order valence-corrected chi connectivity index (χ2v) is 5.48. The van der Waals surface area contributed by atoms with Crippen LogP contribution in [0.3, 0.4) is 0 Å². The van der Waals surface area contributed by atoms with E-state index in [1.807, 2.05) is 42.7 Å². The zero-order chi connectivity index (χ0) is 15.6. The summed E-state index contributed by atoms with van der Waals surface area (Å²) in [6, 6.07) is 16.5. The van der Waals surface area contributed by atoms with Crippen LogP contribution in [0.2, 0.25) is 0 Å². The molecule has 1 heterocycles. The number of hydrogen-bond donors (Lipinski definition) is 0. The maximum atomic E-state index is 5.74. The minimum absolute atomic E-state index is 0.881. The molecule has 0 aliphatic heterocycles. The number of benzene rings is 2. The number of hydrogen-bond acceptors (Lipinski definition) is 2. The second-order valence-electron chi connectivity index (χ2n) is 5.48. The third kappa shape index (κ3) is 2.43. The number of nitrogens with zero attached hydrogens (tertiary/aromatic N) is 1. The molecule has 0 amide bonds. The molecule has 1 aliphatic rings. The van der Waals surface area contributed by atoms with Gasteiger partial charge in [-0.25, -0.2) is 0 Å². The summed E-state index contributed by atoms with van der Waals surface area (Å²) in [5.41, 5.74) is 11.2. The molecule has 23 heavy (non-hydrogen) atoms. The minimum Gasteiger partial charge on any atom is -0.462 e. The van der Waals surface area contributed by atoms with Crippen molar-refractivity contribution in [3.05, 3.63) is 95.7 Å². The Bertz CT molecular complexity index is 1010. The highest BCUT2D eigenvalue weighted by Crippen LogP contribution is 2.37. The zero-order valence-electron chi connectivity index (χ0n) is 12.8. The standard InChI is InChI=1S/C21H15NO/c1-16-8-7-11-18(14-16)22(17-9-3-2-4-10-17)20-15-23-21-13-6-5-12-19(20)21/h3,5-15H,1H3. The van der Waals surface area contributed by atoms with Gasteiger partial charge in [-0.1, -0.05) is 35.7 Å². The van der Waals surface area contributed by atoms with E-state index >= 15 is 0 Å². The van der Waals surface area contributed by atoms with Crippen molar-refractivity contribution in [2.45, 2.75) is 6.92 Å². The van der Waals surface area contributed by atoms with E-state index in [4.69, 9.17) is 4.42 Å². The molecule has 0 saturated carbocycles. The van der Waals surface area contributed by atoms with Crippen LogP contribution in [0.1, 0.15) is 5.56 Å². The third-order valence-corrected chi connectivity index (χ3v) is 3.86. The summed E-state index contributed by atoms with van der Waals surface area (Å²) in [6.07, 6.45) is 7.65. The van der Waals surface area contributed by atoms with Crippen molar-refractivity contribution in [3.8, 4) is 0 Å². The fourth-order valence-electron chi connectivity index (χ4n) is 2.81. The molecule has 1 aromatic heterocycles. The van der Waals surface area contributed by atoms with Gasteiger partial charge in [0.2, 0.25) is 0 Å². The molecule has 2 heteroatoms. The summed E-state index contributed by atoms with van der Waals surface area (Å²) in [4.78, 5) is 2.18. The summed E-state index contributed by atoms with van der Waals surface area (Å²) in [6.45, 7) is 2.10. The first-order chi connectivity index (χ1) is 11.3. The summed E-state index contributed by atoms with van der Waals surface area (Å²) in [7, 11) is 0. The fourth-order valence-corrected chi connectivity index (χ4v) is 2.81. The second kappa shape index (κ2) is 5.55. The van der Waals surface area contributed by atoms with Gasteiger partial charge >= 0.3 is 0 Å². The number of anilines is 2. The van der Waals surface area contributed by atoms with Gasteiger partial charge in [0.15, 0.2) is 0 Å². The molecule has 0 radical (unpaired) electrons. The lowest BCUT2D eigenvalue weighted by Crippen LogP contribution is -2.15. The molecule has 0 fully saturated rings. The van der Waals surface area contributed by atoms with Crippen LogP contribution >= 0.6 is 0 Å². The Morgan fingerprint density at radius 2 is 1.91 bits per heavy atom. The van der Waals surface area contributed by atoms with E-state index in [1.54, 1.807) is 0 Å². The van der Waals surface area contributed by atoms with Gasteiger partial charge in [-0.2, -0.15) is 0 Å². The van der Waals surface area contributed by atoms with Gasteiger partial charge in [-0.3, -0.25) is 0 Å². The van der Waals surface area contributed by atoms with E-state index in [1.165, 1.54) is 5.56 Å². The SMILES string of the molecule is Cc1cccc(N(C2=CC=C=C=C2)c2coc3ccccc23)c1. The fraction of sp³-hybridized carbons (Fsp3) is 0.0476. The molecule has 0 unspecified atom stereocenters. The average molecular weight is 297 g/mol. The zero-order valence-corrected chi connectivity index (χ0v) is 12.8. The van der Waals surface area contributed by atoms with E-state index in [0.29, 0.717) is 0 Å². The van der Waals surface area contributed by atoms with Crippen LogP contribution in [0.5, 0.6) is 0 Å². The maximum absolute atomic E-state index is 5.74. The molecule has 0 N–H and O–H groups in total. The van der Waals surface area contributed by atoms with Crippen LogP contribution in [0, 0.1) is 6.92 Å². The molecule has 0 bridgehead atoms. The van der Waals surface area contributed by atoms with Crippen molar-refractivity contribution in [1.82, 2.24) is 0 Å². The van der Waals surface area contributed by atoms with E-state index in [2.05, 4.69) is 53.6 Å². The Morgan fingerprint density at radius 3 is 2.74 bits per heavy atom. The molecule has 3 aromatic rings. The van der Waals surface area contributed by atoms with Crippen LogP contribution < -0.4 is 4.90 Å². The molecule has 0 atom stereocenters. The smallest absolute Gasteiger partial charge is 0.136 e. The highest BCUT2D eigenvalue weighted by Gasteiger charge is 2.18. The Morgan fingerprint density at radius 1 is 1.00 bits per heavy atom. The Hall–Kier alpha value is -3.18. The molecule has 2 aromatic carbocycles. The molecule has 0 saturated heterocycles. The van der Waals surface area contributed by atoms with Gasteiger partial charge in [0.05, 0.1) is 11.4 Å². The molecule has 1 aliphatic carbocycles. The molecule has 4 rings (SSSR count). The maximum Gasteiger partial charge on any atom is 0.136 e. The molecule has 2 nitrogen and oxygen atoms in total. The summed E-state index contributed by atoms with van der Waals surface area (Å²) < 4.78 is 5.74. The Labute approximate surface area is 135 Å². The van der Waals surface area contributed by atoms with Crippen LogP contribution in [0.15, 0.2) is 94.6 Å². The van der Waals surface area contributed by atoms with Crippen LogP contribution in [-0.4, -0.2) is 0 Å². The summed E-state index contributed by atoms with van der Waals surface area (Å²) >= 11 is 0. The van der Waals surface area contributed by atoms with Gasteiger partial charge in [0.1, 0.15) is 11.8 Å². The predicted octanol–water partition coefficient (Wildman–Crippen LogP) is 5.64.